The van der Waals surface area contributed by atoms with E-state index in [-0.39, 0.29) is 0 Å². The van der Waals surface area contributed by atoms with Crippen LogP contribution in [0.25, 0.3) is 0 Å². The van der Waals surface area contributed by atoms with E-state index < -0.39 is 0 Å². The van der Waals surface area contributed by atoms with Crippen molar-refractivity contribution in [2.75, 3.05) is 19.5 Å². The van der Waals surface area contributed by atoms with E-state index in [9.17, 15) is 0 Å². The predicted octanol–water partition coefficient (Wildman–Crippen LogP) is 1.62. The van der Waals surface area contributed by atoms with Gasteiger partial charge in [-0.2, -0.15) is 0 Å². The van der Waals surface area contributed by atoms with E-state index in [0.29, 0.717) is 6.61 Å². The van der Waals surface area contributed by atoms with E-state index in [1.165, 1.54) is 12.8 Å². The van der Waals surface area contributed by atoms with Gasteiger partial charge in [0.15, 0.2) is 0 Å². The van der Waals surface area contributed by atoms with Gasteiger partial charge in [-0.15, -0.1) is 0 Å². The lowest BCUT2D eigenvalue weighted by Gasteiger charge is -2.06. The molecule has 1 aliphatic carbocycles. The molecule has 0 amide bonds. The van der Waals surface area contributed by atoms with Gasteiger partial charge in [-0.25, -0.2) is 9.97 Å². The Morgan fingerprint density at radius 1 is 1.47 bits per heavy atom. The molecule has 1 fully saturated rings. The minimum Gasteiger partial charge on any atom is -0.378 e. The Kier molecular flexibility index (Phi) is 3.16. The largest absolute Gasteiger partial charge is 0.378 e. The van der Waals surface area contributed by atoms with E-state index in [1.54, 1.807) is 7.11 Å². The topological polar surface area (TPSA) is 47.0 Å². The van der Waals surface area contributed by atoms with Crippen molar-refractivity contribution < 1.29 is 4.74 Å². The van der Waals surface area contributed by atoms with Gasteiger partial charge in [-0.05, 0) is 18.8 Å². The summed E-state index contributed by atoms with van der Waals surface area (Å²) in [6.45, 7) is 0.550. The highest BCUT2D eigenvalue weighted by atomic mass is 16.5. The molecule has 2 rings (SSSR count). The van der Waals surface area contributed by atoms with Crippen molar-refractivity contribution in [1.29, 1.82) is 0 Å². The van der Waals surface area contributed by atoms with Crippen LogP contribution in [0.5, 0.6) is 0 Å². The van der Waals surface area contributed by atoms with Gasteiger partial charge in [0.05, 0.1) is 12.3 Å². The van der Waals surface area contributed by atoms with Crippen molar-refractivity contribution in [3.63, 3.8) is 0 Å². The van der Waals surface area contributed by atoms with Crippen LogP contribution in [0.4, 0.5) is 5.82 Å². The average Bonchev–Trinajstić information content (AvgIpc) is 3.02. The molecule has 0 unspecified atom stereocenters. The fourth-order valence-electron chi connectivity index (χ4n) is 1.57. The van der Waals surface area contributed by atoms with Crippen molar-refractivity contribution in [3.8, 4) is 0 Å². The highest BCUT2D eigenvalue weighted by Gasteiger charge is 2.23. The van der Waals surface area contributed by atoms with Crippen LogP contribution in [0.3, 0.4) is 0 Å². The van der Waals surface area contributed by atoms with Gasteiger partial charge < -0.3 is 10.1 Å². The minimum atomic E-state index is 0.550. The molecule has 0 spiro atoms. The van der Waals surface area contributed by atoms with Crippen LogP contribution in [-0.2, 0) is 17.8 Å². The molecule has 0 atom stereocenters. The Labute approximate surface area is 90.1 Å². The molecule has 82 valence electrons. The molecule has 1 aromatic heterocycles. The summed E-state index contributed by atoms with van der Waals surface area (Å²) in [5.74, 6) is 2.64. The number of ether oxygens (including phenoxy) is 1. The Bertz CT molecular complexity index is 337. The molecule has 0 aromatic carbocycles. The number of nitrogens with zero attached hydrogens (tertiary/aromatic N) is 2. The van der Waals surface area contributed by atoms with Gasteiger partial charge in [0.25, 0.3) is 0 Å². The number of methoxy groups -OCH3 is 1. The quantitative estimate of drug-likeness (QED) is 0.797. The third-order valence-electron chi connectivity index (χ3n) is 2.54. The molecule has 4 nitrogen and oxygen atoms in total. The summed E-state index contributed by atoms with van der Waals surface area (Å²) in [6, 6.07) is 1.93. The maximum absolute atomic E-state index is 5.08. The smallest absolute Gasteiger partial charge is 0.131 e. The summed E-state index contributed by atoms with van der Waals surface area (Å²) < 4.78 is 5.08. The Morgan fingerprint density at radius 2 is 2.27 bits per heavy atom. The molecular formula is C11H17N3O. The lowest BCUT2D eigenvalue weighted by molar-refractivity contribution is 0.181. The maximum Gasteiger partial charge on any atom is 0.131 e. The van der Waals surface area contributed by atoms with Crippen LogP contribution in [0, 0.1) is 5.92 Å². The van der Waals surface area contributed by atoms with Gasteiger partial charge in [0.2, 0.25) is 0 Å². The summed E-state index contributed by atoms with van der Waals surface area (Å²) in [4.78, 5) is 8.91. The Balaban J connectivity index is 2.15. The standard InChI is InChI=1S/C11H17N3O/c1-12-10-6-9(7-15-2)13-11(14-10)5-8-3-4-8/h6,8H,3-5,7H2,1-2H3,(H,12,13,14). The highest BCUT2D eigenvalue weighted by Crippen LogP contribution is 2.31. The molecule has 0 radical (unpaired) electrons. The average molecular weight is 207 g/mol. The normalized spacial score (nSPS) is 15.3. The van der Waals surface area contributed by atoms with Gasteiger partial charge in [-0.3, -0.25) is 0 Å². The molecule has 1 heterocycles. The summed E-state index contributed by atoms with van der Waals surface area (Å²) in [7, 11) is 3.56. The number of aromatic nitrogens is 2. The van der Waals surface area contributed by atoms with Crippen molar-refractivity contribution in [2.45, 2.75) is 25.9 Å². The summed E-state index contributed by atoms with van der Waals surface area (Å²) in [6.07, 6.45) is 3.66. The monoisotopic (exact) mass is 207 g/mol. The zero-order valence-electron chi connectivity index (χ0n) is 9.29. The molecule has 1 aromatic rings. The first-order valence-electron chi connectivity index (χ1n) is 5.35. The van der Waals surface area contributed by atoms with Crippen LogP contribution in [-0.4, -0.2) is 24.1 Å². The molecule has 0 bridgehead atoms. The van der Waals surface area contributed by atoms with Crippen LogP contribution in [0.2, 0.25) is 0 Å². The number of nitrogens with one attached hydrogen (secondary N) is 1. The summed E-state index contributed by atoms with van der Waals surface area (Å²) >= 11 is 0. The van der Waals surface area contributed by atoms with Gasteiger partial charge in [0.1, 0.15) is 11.6 Å². The molecule has 1 saturated carbocycles. The second-order valence-electron chi connectivity index (χ2n) is 3.99. The van der Waals surface area contributed by atoms with Gasteiger partial charge >= 0.3 is 0 Å². The molecule has 4 heteroatoms. The molecule has 15 heavy (non-hydrogen) atoms. The zero-order chi connectivity index (χ0) is 10.7. The number of rotatable bonds is 5. The van der Waals surface area contributed by atoms with Crippen molar-refractivity contribution >= 4 is 5.82 Å². The SMILES string of the molecule is CNc1cc(COC)nc(CC2CC2)n1. The minimum absolute atomic E-state index is 0.550. The predicted molar refractivity (Wildman–Crippen MR) is 58.7 cm³/mol. The fourth-order valence-corrected chi connectivity index (χ4v) is 1.57. The van der Waals surface area contributed by atoms with Crippen molar-refractivity contribution in [2.24, 2.45) is 5.92 Å². The zero-order valence-corrected chi connectivity index (χ0v) is 9.29. The van der Waals surface area contributed by atoms with Crippen molar-refractivity contribution in [3.05, 3.63) is 17.6 Å². The van der Waals surface area contributed by atoms with E-state index in [1.807, 2.05) is 13.1 Å². The summed E-state index contributed by atoms with van der Waals surface area (Å²) in [5.41, 5.74) is 0.951. The van der Waals surface area contributed by atoms with Crippen LogP contribution >= 0.6 is 0 Å². The third kappa shape index (κ3) is 2.89. The maximum atomic E-state index is 5.08. The van der Waals surface area contributed by atoms with E-state index in [2.05, 4.69) is 15.3 Å². The first kappa shape index (κ1) is 10.4. The fraction of sp³-hybridized carbons (Fsp3) is 0.636. The van der Waals surface area contributed by atoms with E-state index in [0.717, 1.165) is 29.7 Å². The molecule has 0 aliphatic heterocycles. The third-order valence-corrected chi connectivity index (χ3v) is 2.54. The van der Waals surface area contributed by atoms with Gasteiger partial charge in [-0.1, -0.05) is 0 Å². The second-order valence-corrected chi connectivity index (χ2v) is 3.99. The second kappa shape index (κ2) is 4.57. The van der Waals surface area contributed by atoms with Crippen LogP contribution < -0.4 is 5.32 Å². The first-order valence-corrected chi connectivity index (χ1v) is 5.35. The lowest BCUT2D eigenvalue weighted by atomic mass is 10.2. The number of anilines is 1. The summed E-state index contributed by atoms with van der Waals surface area (Å²) in [5, 5.41) is 3.05. The molecule has 0 saturated heterocycles. The van der Waals surface area contributed by atoms with Crippen molar-refractivity contribution in [1.82, 2.24) is 9.97 Å². The number of hydrogen-bond acceptors (Lipinski definition) is 4. The van der Waals surface area contributed by atoms with Crippen LogP contribution in [0.15, 0.2) is 6.07 Å². The van der Waals surface area contributed by atoms with Crippen LogP contribution in [0.1, 0.15) is 24.4 Å². The first-order chi connectivity index (χ1) is 7.31. The van der Waals surface area contributed by atoms with E-state index >= 15 is 0 Å². The highest BCUT2D eigenvalue weighted by molar-refractivity contribution is 5.35. The molecule has 1 aliphatic rings. The van der Waals surface area contributed by atoms with E-state index in [4.69, 9.17) is 4.74 Å². The number of hydrogen-bond donors (Lipinski definition) is 1. The molecule has 1 N–H and O–H groups in total. The lowest BCUT2D eigenvalue weighted by Crippen LogP contribution is -2.05. The molecular weight excluding hydrogens is 190 g/mol. The Morgan fingerprint density at radius 3 is 2.87 bits per heavy atom. The Hall–Kier alpha value is -1.16. The van der Waals surface area contributed by atoms with Gasteiger partial charge in [0, 0.05) is 26.6 Å².